The second-order valence-corrected chi connectivity index (χ2v) is 12.3. The van der Waals surface area contributed by atoms with Gasteiger partial charge in [-0.1, -0.05) is 78.1 Å². The van der Waals surface area contributed by atoms with Crippen LogP contribution >= 0.6 is 0 Å². The van der Waals surface area contributed by atoms with Crippen LogP contribution in [-0.4, -0.2) is 61.8 Å². The van der Waals surface area contributed by atoms with E-state index in [1.807, 2.05) is 0 Å². The topological polar surface area (TPSA) is 90.2 Å². The van der Waals surface area contributed by atoms with E-state index in [2.05, 4.69) is 13.8 Å². The van der Waals surface area contributed by atoms with E-state index in [1.165, 1.54) is 64.2 Å². The molecule has 1 aliphatic carbocycles. The van der Waals surface area contributed by atoms with Crippen LogP contribution < -0.4 is 0 Å². The molecule has 3 saturated heterocycles. The van der Waals surface area contributed by atoms with Gasteiger partial charge in [-0.3, -0.25) is 9.59 Å². The highest BCUT2D eigenvalue weighted by Gasteiger charge is 2.53. The zero-order valence-corrected chi connectivity index (χ0v) is 24.6. The Hall–Kier alpha value is -1.18. The van der Waals surface area contributed by atoms with Crippen molar-refractivity contribution in [2.75, 3.05) is 13.2 Å². The van der Waals surface area contributed by atoms with Crippen molar-refractivity contribution in [3.05, 3.63) is 0 Å². The summed E-state index contributed by atoms with van der Waals surface area (Å²) in [6, 6.07) is 0. The fourth-order valence-electron chi connectivity index (χ4n) is 6.40. The molecule has 4 rings (SSSR count). The Morgan fingerprint density at radius 3 is 1.36 bits per heavy atom. The standard InChI is InChI=1S/C32H54O7/c1-3-15-25-27(37-25)17-11-7-5-9-13-19-35-31(33)23-21-29-30(39-29)22-24(23)32(34)36-20-14-10-6-8-12-18-28-26(38-28)16-4-2/h23-30H,3-22H2,1-2H3. The number of rotatable bonds is 22. The van der Waals surface area contributed by atoms with Gasteiger partial charge in [0.2, 0.25) is 0 Å². The summed E-state index contributed by atoms with van der Waals surface area (Å²) in [4.78, 5) is 25.7. The Kier molecular flexibility index (Phi) is 12.9. The highest BCUT2D eigenvalue weighted by atomic mass is 16.6. The Morgan fingerprint density at radius 1 is 0.538 bits per heavy atom. The van der Waals surface area contributed by atoms with Gasteiger partial charge in [-0.25, -0.2) is 0 Å². The third-order valence-electron chi connectivity index (χ3n) is 9.03. The molecule has 7 heteroatoms. The summed E-state index contributed by atoms with van der Waals surface area (Å²) < 4.78 is 28.2. The van der Waals surface area contributed by atoms with Gasteiger partial charge in [0, 0.05) is 0 Å². The average Bonchev–Trinajstić information content (AvgIpc) is 3.84. The van der Waals surface area contributed by atoms with Crippen LogP contribution in [0.25, 0.3) is 0 Å². The number of unbranched alkanes of at least 4 members (excludes halogenated alkanes) is 8. The van der Waals surface area contributed by atoms with Crippen LogP contribution in [-0.2, 0) is 33.3 Å². The lowest BCUT2D eigenvalue weighted by atomic mass is 9.79. The summed E-state index contributed by atoms with van der Waals surface area (Å²) in [6.07, 6.45) is 21.6. The number of ether oxygens (including phenoxy) is 5. The molecule has 7 nitrogen and oxygen atoms in total. The smallest absolute Gasteiger partial charge is 0.309 e. The monoisotopic (exact) mass is 550 g/mol. The highest BCUT2D eigenvalue weighted by molar-refractivity contribution is 5.82. The van der Waals surface area contributed by atoms with Gasteiger partial charge in [0.15, 0.2) is 0 Å². The second-order valence-electron chi connectivity index (χ2n) is 12.3. The van der Waals surface area contributed by atoms with Crippen molar-refractivity contribution in [3.63, 3.8) is 0 Å². The van der Waals surface area contributed by atoms with Gasteiger partial charge in [0.1, 0.15) is 0 Å². The fraction of sp³-hybridized carbons (Fsp3) is 0.938. The number of epoxide rings is 3. The lowest BCUT2D eigenvalue weighted by molar-refractivity contribution is -0.162. The van der Waals surface area contributed by atoms with Gasteiger partial charge in [0.05, 0.1) is 61.7 Å². The molecule has 39 heavy (non-hydrogen) atoms. The molecule has 0 aromatic heterocycles. The van der Waals surface area contributed by atoms with Crippen LogP contribution in [0.4, 0.5) is 0 Å². The molecule has 0 spiro atoms. The van der Waals surface area contributed by atoms with Gasteiger partial charge in [0.25, 0.3) is 0 Å². The van der Waals surface area contributed by atoms with Crippen LogP contribution in [0.15, 0.2) is 0 Å². The molecule has 1 saturated carbocycles. The first-order valence-corrected chi connectivity index (χ1v) is 16.4. The van der Waals surface area contributed by atoms with Crippen LogP contribution in [0.1, 0.15) is 129 Å². The largest absolute Gasteiger partial charge is 0.465 e. The number of hydrogen-bond donors (Lipinski definition) is 0. The molecule has 0 radical (unpaired) electrons. The van der Waals surface area contributed by atoms with Crippen molar-refractivity contribution in [2.45, 2.75) is 166 Å². The zero-order valence-electron chi connectivity index (χ0n) is 24.6. The minimum Gasteiger partial charge on any atom is -0.465 e. The summed E-state index contributed by atoms with van der Waals surface area (Å²) >= 11 is 0. The molecule has 4 aliphatic rings. The Labute approximate surface area is 236 Å². The Balaban J connectivity index is 1.00. The summed E-state index contributed by atoms with van der Waals surface area (Å²) in [7, 11) is 0. The summed E-state index contributed by atoms with van der Waals surface area (Å²) in [6.45, 7) is 5.28. The maximum Gasteiger partial charge on any atom is 0.309 e. The van der Waals surface area contributed by atoms with E-state index in [0.717, 1.165) is 38.5 Å². The van der Waals surface area contributed by atoms with E-state index in [0.29, 0.717) is 50.5 Å². The highest BCUT2D eigenvalue weighted by Crippen LogP contribution is 2.44. The number of carbonyl (C=O) groups excluding carboxylic acids is 2. The maximum atomic E-state index is 12.9. The predicted octanol–water partition coefficient (Wildman–Crippen LogP) is 6.68. The molecule has 0 aromatic carbocycles. The van der Waals surface area contributed by atoms with Crippen molar-refractivity contribution in [1.82, 2.24) is 0 Å². The van der Waals surface area contributed by atoms with E-state index < -0.39 is 11.8 Å². The van der Waals surface area contributed by atoms with Gasteiger partial charge in [-0.05, 0) is 51.4 Å². The molecule has 0 aromatic rings. The first-order valence-electron chi connectivity index (χ1n) is 16.4. The molecular formula is C32H54O7. The molecule has 0 N–H and O–H groups in total. The van der Waals surface area contributed by atoms with Gasteiger partial charge >= 0.3 is 11.9 Å². The first-order chi connectivity index (χ1) is 19.1. The van der Waals surface area contributed by atoms with Crippen molar-refractivity contribution >= 4 is 11.9 Å². The SMILES string of the molecule is CCCC1OC1CCCCCCCOC(=O)C1CC2OC2CC1C(=O)OCCCCCCCC1OC1CCC. The van der Waals surface area contributed by atoms with Crippen molar-refractivity contribution < 1.29 is 33.3 Å². The summed E-state index contributed by atoms with van der Waals surface area (Å²) in [5.41, 5.74) is 0. The molecule has 8 atom stereocenters. The predicted molar refractivity (Wildman–Crippen MR) is 149 cm³/mol. The van der Waals surface area contributed by atoms with Gasteiger partial charge in [-0.2, -0.15) is 0 Å². The van der Waals surface area contributed by atoms with Gasteiger partial charge < -0.3 is 23.7 Å². The Morgan fingerprint density at radius 2 is 0.923 bits per heavy atom. The van der Waals surface area contributed by atoms with Crippen molar-refractivity contribution in [3.8, 4) is 0 Å². The Bertz CT molecular complexity index is 682. The average molecular weight is 551 g/mol. The fourth-order valence-corrected chi connectivity index (χ4v) is 6.40. The van der Waals surface area contributed by atoms with Crippen molar-refractivity contribution in [1.29, 1.82) is 0 Å². The lowest BCUT2D eigenvalue weighted by Gasteiger charge is -2.26. The summed E-state index contributed by atoms with van der Waals surface area (Å²) in [5, 5.41) is 0. The van der Waals surface area contributed by atoms with E-state index in [-0.39, 0.29) is 24.1 Å². The molecule has 0 amide bonds. The minimum atomic E-state index is -0.433. The quantitative estimate of drug-likeness (QED) is 0.0843. The third-order valence-corrected chi connectivity index (χ3v) is 9.03. The lowest BCUT2D eigenvalue weighted by Crippen LogP contribution is -2.37. The maximum absolute atomic E-state index is 12.9. The minimum absolute atomic E-state index is 0.109. The van der Waals surface area contributed by atoms with E-state index >= 15 is 0 Å². The molecule has 224 valence electrons. The molecule has 3 heterocycles. The van der Waals surface area contributed by atoms with E-state index in [1.54, 1.807) is 0 Å². The normalized spacial score (nSPS) is 32.4. The molecule has 8 unspecified atom stereocenters. The first kappa shape index (κ1) is 30.8. The van der Waals surface area contributed by atoms with E-state index in [9.17, 15) is 9.59 Å². The third kappa shape index (κ3) is 10.6. The van der Waals surface area contributed by atoms with Crippen LogP contribution in [0.5, 0.6) is 0 Å². The van der Waals surface area contributed by atoms with Gasteiger partial charge in [-0.15, -0.1) is 0 Å². The number of hydrogen-bond acceptors (Lipinski definition) is 7. The zero-order chi connectivity index (χ0) is 27.5. The summed E-state index contributed by atoms with van der Waals surface area (Å²) in [5.74, 6) is -1.37. The molecule has 0 bridgehead atoms. The molecular weight excluding hydrogens is 496 g/mol. The van der Waals surface area contributed by atoms with Crippen LogP contribution in [0.2, 0.25) is 0 Å². The molecule has 3 aliphatic heterocycles. The number of fused-ring (bicyclic) bond motifs is 1. The van der Waals surface area contributed by atoms with Crippen molar-refractivity contribution in [2.24, 2.45) is 11.8 Å². The second kappa shape index (κ2) is 16.3. The molecule has 4 fully saturated rings. The number of carbonyl (C=O) groups is 2. The van der Waals surface area contributed by atoms with Crippen LogP contribution in [0, 0.1) is 11.8 Å². The number of esters is 2. The van der Waals surface area contributed by atoms with Crippen LogP contribution in [0.3, 0.4) is 0 Å². The van der Waals surface area contributed by atoms with E-state index in [4.69, 9.17) is 23.7 Å².